The van der Waals surface area contributed by atoms with Crippen molar-refractivity contribution < 1.29 is 18.6 Å². The third-order valence-corrected chi connectivity index (χ3v) is 6.43. The summed E-state index contributed by atoms with van der Waals surface area (Å²) in [5.74, 6) is 3.23. The third kappa shape index (κ3) is 4.29. The van der Waals surface area contributed by atoms with Gasteiger partial charge in [-0.1, -0.05) is 30.3 Å². The van der Waals surface area contributed by atoms with Gasteiger partial charge in [-0.05, 0) is 59.9 Å². The van der Waals surface area contributed by atoms with E-state index in [0.29, 0.717) is 0 Å². The Balaban J connectivity index is 1.38. The Bertz CT molecular complexity index is 1230. The molecule has 0 amide bonds. The number of furan rings is 1. The average molecular weight is 444 g/mol. The van der Waals surface area contributed by atoms with Gasteiger partial charge in [-0.2, -0.15) is 0 Å². The summed E-state index contributed by atoms with van der Waals surface area (Å²) in [6.45, 7) is 2.84. The molecule has 0 N–H and O–H groups in total. The van der Waals surface area contributed by atoms with Crippen molar-refractivity contribution in [1.29, 1.82) is 0 Å². The molecule has 0 unspecified atom stereocenters. The van der Waals surface area contributed by atoms with E-state index in [2.05, 4.69) is 47.4 Å². The Morgan fingerprint density at radius 1 is 0.758 bits per heavy atom. The van der Waals surface area contributed by atoms with E-state index in [0.717, 1.165) is 72.0 Å². The highest BCUT2D eigenvalue weighted by molar-refractivity contribution is 5.88. The Morgan fingerprint density at radius 2 is 1.39 bits per heavy atom. The number of ether oxygens (including phenoxy) is 3. The molecule has 1 aliphatic rings. The van der Waals surface area contributed by atoms with Crippen LogP contribution in [0.1, 0.15) is 16.7 Å². The lowest BCUT2D eigenvalue weighted by atomic mass is 10.0. The molecule has 3 aromatic carbocycles. The van der Waals surface area contributed by atoms with Crippen LogP contribution in [0.15, 0.2) is 65.1 Å². The molecule has 5 heteroatoms. The second kappa shape index (κ2) is 9.20. The monoisotopic (exact) mass is 443 g/mol. The fraction of sp³-hybridized carbons (Fsp3) is 0.286. The van der Waals surface area contributed by atoms with E-state index in [-0.39, 0.29) is 0 Å². The van der Waals surface area contributed by atoms with E-state index in [1.165, 1.54) is 16.7 Å². The van der Waals surface area contributed by atoms with Gasteiger partial charge in [0.15, 0.2) is 22.8 Å². The summed E-state index contributed by atoms with van der Waals surface area (Å²) in [5.41, 5.74) is 5.76. The molecule has 5 nitrogen and oxygen atoms in total. The Morgan fingerprint density at radius 3 is 2.00 bits per heavy atom. The van der Waals surface area contributed by atoms with Crippen molar-refractivity contribution in [3.8, 4) is 28.6 Å². The van der Waals surface area contributed by atoms with Crippen molar-refractivity contribution in [2.24, 2.45) is 0 Å². The van der Waals surface area contributed by atoms with Gasteiger partial charge >= 0.3 is 0 Å². The number of fused-ring (bicyclic) bond motifs is 2. The number of rotatable bonds is 6. The van der Waals surface area contributed by atoms with E-state index in [4.69, 9.17) is 18.6 Å². The summed E-state index contributed by atoms with van der Waals surface area (Å²) >= 11 is 0. The predicted molar refractivity (Wildman–Crippen MR) is 130 cm³/mol. The summed E-state index contributed by atoms with van der Waals surface area (Å²) in [7, 11) is 5.08. The van der Waals surface area contributed by atoms with Crippen LogP contribution in [0, 0.1) is 0 Å². The summed E-state index contributed by atoms with van der Waals surface area (Å²) in [4.78, 5) is 2.50. The van der Waals surface area contributed by atoms with Crippen molar-refractivity contribution in [2.75, 3.05) is 34.4 Å². The van der Waals surface area contributed by atoms with Gasteiger partial charge in [0.05, 0.1) is 21.3 Å². The van der Waals surface area contributed by atoms with Gasteiger partial charge in [0.2, 0.25) is 0 Å². The topological polar surface area (TPSA) is 44.1 Å². The standard InChI is InChI=1S/C28H29NO4/c1-30-25-15-21-9-11-29(12-10-22(21)16-26(25)31-2)18-19-13-23-17-24(20-7-5-4-6-8-20)33-28(23)27(14-19)32-3/h4-8,13-17H,9-12,18H2,1-3H3. The van der Waals surface area contributed by atoms with Crippen LogP contribution >= 0.6 is 0 Å². The number of hydrogen-bond acceptors (Lipinski definition) is 5. The van der Waals surface area contributed by atoms with Crippen LogP contribution in [0.3, 0.4) is 0 Å². The molecular weight excluding hydrogens is 414 g/mol. The second-order valence-electron chi connectivity index (χ2n) is 8.45. The molecule has 170 valence electrons. The SMILES string of the molecule is COc1cc2c(cc1OC)CCN(Cc1cc(OC)c3oc(-c4ccccc4)cc3c1)CC2. The molecule has 0 bridgehead atoms. The number of nitrogens with zero attached hydrogens (tertiary/aromatic N) is 1. The fourth-order valence-electron chi connectivity index (χ4n) is 4.68. The molecular formula is C28H29NO4. The van der Waals surface area contributed by atoms with E-state index >= 15 is 0 Å². The minimum absolute atomic E-state index is 0.775. The average Bonchev–Trinajstić information content (AvgIpc) is 3.20. The van der Waals surface area contributed by atoms with Crippen molar-refractivity contribution in [3.05, 3.63) is 77.4 Å². The molecule has 4 aromatic rings. The minimum Gasteiger partial charge on any atom is -0.493 e. The lowest BCUT2D eigenvalue weighted by Gasteiger charge is -2.20. The molecule has 0 spiro atoms. The third-order valence-electron chi connectivity index (χ3n) is 6.43. The van der Waals surface area contributed by atoms with Crippen LogP contribution in [0.25, 0.3) is 22.3 Å². The van der Waals surface area contributed by atoms with Crippen molar-refractivity contribution in [2.45, 2.75) is 19.4 Å². The number of hydrogen-bond donors (Lipinski definition) is 0. The molecule has 0 atom stereocenters. The lowest BCUT2D eigenvalue weighted by Crippen LogP contribution is -2.25. The largest absolute Gasteiger partial charge is 0.493 e. The van der Waals surface area contributed by atoms with E-state index in [1.54, 1.807) is 21.3 Å². The summed E-state index contributed by atoms with van der Waals surface area (Å²) in [6.07, 6.45) is 1.97. The van der Waals surface area contributed by atoms with Gasteiger partial charge in [0, 0.05) is 30.6 Å². The van der Waals surface area contributed by atoms with Gasteiger partial charge in [0.1, 0.15) is 5.76 Å². The molecule has 1 aromatic heterocycles. The molecule has 33 heavy (non-hydrogen) atoms. The summed E-state index contributed by atoms with van der Waals surface area (Å²) in [5, 5.41) is 1.07. The first-order chi connectivity index (χ1) is 16.2. The fourth-order valence-corrected chi connectivity index (χ4v) is 4.68. The van der Waals surface area contributed by atoms with Crippen LogP contribution < -0.4 is 14.2 Å². The highest BCUT2D eigenvalue weighted by Gasteiger charge is 2.19. The van der Waals surface area contributed by atoms with E-state index < -0.39 is 0 Å². The second-order valence-corrected chi connectivity index (χ2v) is 8.45. The van der Waals surface area contributed by atoms with Gasteiger partial charge in [-0.3, -0.25) is 4.90 Å². The summed E-state index contributed by atoms with van der Waals surface area (Å²) < 4.78 is 22.9. The molecule has 0 aliphatic carbocycles. The minimum atomic E-state index is 0.775. The van der Waals surface area contributed by atoms with Gasteiger partial charge in [0.25, 0.3) is 0 Å². The van der Waals surface area contributed by atoms with Gasteiger partial charge < -0.3 is 18.6 Å². The first-order valence-electron chi connectivity index (χ1n) is 11.3. The molecule has 0 radical (unpaired) electrons. The van der Waals surface area contributed by atoms with E-state index in [9.17, 15) is 0 Å². The normalized spacial score (nSPS) is 14.0. The Kier molecular flexibility index (Phi) is 5.97. The maximum absolute atomic E-state index is 6.16. The van der Waals surface area contributed by atoms with Crippen molar-refractivity contribution in [1.82, 2.24) is 4.90 Å². The highest BCUT2D eigenvalue weighted by Crippen LogP contribution is 2.36. The molecule has 5 rings (SSSR count). The molecule has 0 saturated carbocycles. The lowest BCUT2D eigenvalue weighted by molar-refractivity contribution is 0.279. The zero-order valence-corrected chi connectivity index (χ0v) is 19.4. The van der Waals surface area contributed by atoms with Gasteiger partial charge in [-0.15, -0.1) is 0 Å². The van der Waals surface area contributed by atoms with Crippen LogP contribution in [0.4, 0.5) is 0 Å². The Labute approximate surface area is 194 Å². The van der Waals surface area contributed by atoms with Crippen LogP contribution in [-0.4, -0.2) is 39.3 Å². The van der Waals surface area contributed by atoms with E-state index in [1.807, 2.05) is 18.2 Å². The van der Waals surface area contributed by atoms with Gasteiger partial charge in [-0.25, -0.2) is 0 Å². The first kappa shape index (κ1) is 21.4. The maximum atomic E-state index is 6.16. The number of methoxy groups -OCH3 is 3. The zero-order valence-electron chi connectivity index (χ0n) is 19.4. The van der Waals surface area contributed by atoms with Crippen LogP contribution in [-0.2, 0) is 19.4 Å². The molecule has 0 fully saturated rings. The molecule has 0 saturated heterocycles. The van der Waals surface area contributed by atoms with Crippen molar-refractivity contribution >= 4 is 11.0 Å². The zero-order chi connectivity index (χ0) is 22.8. The highest BCUT2D eigenvalue weighted by atomic mass is 16.5. The quantitative estimate of drug-likeness (QED) is 0.381. The van der Waals surface area contributed by atoms with Crippen LogP contribution in [0.5, 0.6) is 17.2 Å². The smallest absolute Gasteiger partial charge is 0.176 e. The molecule has 1 aliphatic heterocycles. The van der Waals surface area contributed by atoms with Crippen LogP contribution in [0.2, 0.25) is 0 Å². The molecule has 2 heterocycles. The summed E-state index contributed by atoms with van der Waals surface area (Å²) in [6, 6.07) is 20.9. The maximum Gasteiger partial charge on any atom is 0.176 e. The number of benzene rings is 3. The Hall–Kier alpha value is -3.44. The van der Waals surface area contributed by atoms with Crippen molar-refractivity contribution in [3.63, 3.8) is 0 Å². The predicted octanol–water partition coefficient (Wildman–Crippen LogP) is 5.73. The first-order valence-corrected chi connectivity index (χ1v) is 11.3.